The molecule has 0 radical (unpaired) electrons. The standard InChI is InChI=1S/C19H31BrN2O3/c1-6-8-9-21-12-14-10-16(24-7-2)17(11-15(14)20)25-13-18(23)22-19(3,4)5/h10-11,21H,6-9,12-13H2,1-5H3,(H,22,23). The second-order valence-electron chi connectivity index (χ2n) is 6.94. The number of hydrogen-bond acceptors (Lipinski definition) is 4. The molecule has 0 aliphatic carbocycles. The van der Waals surface area contributed by atoms with Crippen molar-refractivity contribution in [3.8, 4) is 11.5 Å². The minimum absolute atomic E-state index is 0.0438. The van der Waals surface area contributed by atoms with Crippen LogP contribution in [0, 0.1) is 0 Å². The summed E-state index contributed by atoms with van der Waals surface area (Å²) >= 11 is 3.58. The van der Waals surface area contributed by atoms with E-state index in [1.54, 1.807) is 0 Å². The van der Waals surface area contributed by atoms with E-state index < -0.39 is 0 Å². The molecule has 1 amide bonds. The average Bonchev–Trinajstić information content (AvgIpc) is 2.51. The van der Waals surface area contributed by atoms with Crippen molar-refractivity contribution in [1.29, 1.82) is 0 Å². The minimum Gasteiger partial charge on any atom is -0.490 e. The highest BCUT2D eigenvalue weighted by Crippen LogP contribution is 2.34. The fourth-order valence-electron chi connectivity index (χ4n) is 2.22. The molecule has 1 aromatic rings. The third-order valence-corrected chi connectivity index (χ3v) is 4.05. The van der Waals surface area contributed by atoms with Gasteiger partial charge in [-0.25, -0.2) is 0 Å². The van der Waals surface area contributed by atoms with Gasteiger partial charge in [0.1, 0.15) is 0 Å². The van der Waals surface area contributed by atoms with Crippen LogP contribution in [0.5, 0.6) is 11.5 Å². The Balaban J connectivity index is 2.77. The number of unbranched alkanes of at least 4 members (excludes halogenated alkanes) is 1. The van der Waals surface area contributed by atoms with E-state index >= 15 is 0 Å². The summed E-state index contributed by atoms with van der Waals surface area (Å²) in [5, 5.41) is 6.30. The number of halogens is 1. The van der Waals surface area contributed by atoms with Gasteiger partial charge in [-0.3, -0.25) is 4.79 Å². The Morgan fingerprint density at radius 1 is 1.16 bits per heavy atom. The normalized spacial score (nSPS) is 11.3. The third kappa shape index (κ3) is 8.59. The Hall–Kier alpha value is -1.27. The Kier molecular flexibility index (Phi) is 9.28. The molecule has 0 aliphatic rings. The quantitative estimate of drug-likeness (QED) is 0.567. The number of carbonyl (C=O) groups is 1. The van der Waals surface area contributed by atoms with Gasteiger partial charge in [-0.2, -0.15) is 0 Å². The van der Waals surface area contributed by atoms with E-state index in [2.05, 4.69) is 33.5 Å². The maximum atomic E-state index is 12.0. The largest absolute Gasteiger partial charge is 0.490 e. The molecule has 0 saturated carbocycles. The number of nitrogens with one attached hydrogen (secondary N) is 2. The molecule has 2 N–H and O–H groups in total. The molecule has 0 aliphatic heterocycles. The monoisotopic (exact) mass is 414 g/mol. The van der Waals surface area contributed by atoms with Crippen LogP contribution in [0.25, 0.3) is 0 Å². The zero-order valence-electron chi connectivity index (χ0n) is 16.0. The molecular formula is C19H31BrN2O3. The highest BCUT2D eigenvalue weighted by Gasteiger charge is 2.16. The maximum absolute atomic E-state index is 12.0. The van der Waals surface area contributed by atoms with Gasteiger partial charge >= 0.3 is 0 Å². The molecular weight excluding hydrogens is 384 g/mol. The molecule has 6 heteroatoms. The molecule has 5 nitrogen and oxygen atoms in total. The van der Waals surface area contributed by atoms with Crippen molar-refractivity contribution in [2.24, 2.45) is 0 Å². The molecule has 1 aromatic carbocycles. The Morgan fingerprint density at radius 2 is 1.84 bits per heavy atom. The maximum Gasteiger partial charge on any atom is 0.258 e. The van der Waals surface area contributed by atoms with Crippen LogP contribution in [0.15, 0.2) is 16.6 Å². The highest BCUT2D eigenvalue weighted by atomic mass is 79.9. The Morgan fingerprint density at radius 3 is 2.44 bits per heavy atom. The van der Waals surface area contributed by atoms with E-state index in [-0.39, 0.29) is 18.1 Å². The number of amides is 1. The lowest BCUT2D eigenvalue weighted by molar-refractivity contribution is -0.124. The summed E-state index contributed by atoms with van der Waals surface area (Å²) < 4.78 is 12.3. The summed E-state index contributed by atoms with van der Waals surface area (Å²) in [6.07, 6.45) is 2.32. The van der Waals surface area contributed by atoms with Crippen LogP contribution in [0.4, 0.5) is 0 Å². The van der Waals surface area contributed by atoms with Crippen molar-refractivity contribution in [3.05, 3.63) is 22.2 Å². The predicted molar refractivity (Wildman–Crippen MR) is 105 cm³/mol. The smallest absolute Gasteiger partial charge is 0.258 e. The first kappa shape index (κ1) is 21.8. The molecule has 142 valence electrons. The van der Waals surface area contributed by atoms with Crippen LogP contribution in [-0.4, -0.2) is 31.2 Å². The molecule has 0 fully saturated rings. The number of rotatable bonds is 10. The number of hydrogen-bond donors (Lipinski definition) is 2. The molecule has 1 rings (SSSR count). The lowest BCUT2D eigenvalue weighted by atomic mass is 10.1. The van der Waals surface area contributed by atoms with Crippen molar-refractivity contribution in [2.75, 3.05) is 19.8 Å². The Bertz CT molecular complexity index is 556. The zero-order valence-corrected chi connectivity index (χ0v) is 17.6. The summed E-state index contributed by atoms with van der Waals surface area (Å²) in [4.78, 5) is 12.0. The minimum atomic E-state index is -0.280. The highest BCUT2D eigenvalue weighted by molar-refractivity contribution is 9.10. The molecule has 0 unspecified atom stereocenters. The van der Waals surface area contributed by atoms with Gasteiger partial charge in [0.15, 0.2) is 18.1 Å². The van der Waals surface area contributed by atoms with Gasteiger partial charge in [0.2, 0.25) is 0 Å². The first-order chi connectivity index (χ1) is 11.8. The van der Waals surface area contributed by atoms with Crippen molar-refractivity contribution >= 4 is 21.8 Å². The van der Waals surface area contributed by atoms with E-state index in [1.165, 1.54) is 6.42 Å². The van der Waals surface area contributed by atoms with Crippen molar-refractivity contribution < 1.29 is 14.3 Å². The van der Waals surface area contributed by atoms with Gasteiger partial charge in [-0.15, -0.1) is 0 Å². The fourth-order valence-corrected chi connectivity index (χ4v) is 2.68. The predicted octanol–water partition coefficient (Wildman–Crippen LogP) is 4.03. The Labute approximate surface area is 160 Å². The molecule has 0 spiro atoms. The number of ether oxygens (including phenoxy) is 2. The molecule has 0 bridgehead atoms. The average molecular weight is 415 g/mol. The second-order valence-corrected chi connectivity index (χ2v) is 7.79. The lowest BCUT2D eigenvalue weighted by Crippen LogP contribution is -2.43. The summed E-state index contributed by atoms with van der Waals surface area (Å²) in [5.74, 6) is 1.06. The molecule has 25 heavy (non-hydrogen) atoms. The first-order valence-corrected chi connectivity index (χ1v) is 9.65. The fraction of sp³-hybridized carbons (Fsp3) is 0.632. The summed E-state index contributed by atoms with van der Waals surface area (Å²) in [7, 11) is 0. The van der Waals surface area contributed by atoms with Gasteiger partial charge in [0.05, 0.1) is 6.61 Å². The number of benzene rings is 1. The lowest BCUT2D eigenvalue weighted by Gasteiger charge is -2.21. The number of carbonyl (C=O) groups excluding carboxylic acids is 1. The van der Waals surface area contributed by atoms with E-state index in [0.29, 0.717) is 18.1 Å². The summed E-state index contributed by atoms with van der Waals surface area (Å²) in [5.41, 5.74) is 0.823. The topological polar surface area (TPSA) is 59.6 Å². The SMILES string of the molecule is CCCCNCc1cc(OCC)c(OCC(=O)NC(C)(C)C)cc1Br. The molecule has 0 aromatic heterocycles. The van der Waals surface area contributed by atoms with Gasteiger partial charge in [-0.05, 0) is 58.4 Å². The van der Waals surface area contributed by atoms with Crippen molar-refractivity contribution in [3.63, 3.8) is 0 Å². The van der Waals surface area contributed by atoms with E-state index in [4.69, 9.17) is 9.47 Å². The van der Waals surface area contributed by atoms with Gasteiger partial charge < -0.3 is 20.1 Å². The third-order valence-electron chi connectivity index (χ3n) is 3.31. The van der Waals surface area contributed by atoms with Crippen molar-refractivity contribution in [1.82, 2.24) is 10.6 Å². The summed E-state index contributed by atoms with van der Waals surface area (Å²) in [6, 6.07) is 3.83. The molecule has 0 atom stereocenters. The van der Waals surface area contributed by atoms with E-state index in [0.717, 1.165) is 29.5 Å². The second kappa shape index (κ2) is 10.7. The zero-order chi connectivity index (χ0) is 18.9. The van der Waals surface area contributed by atoms with Crippen LogP contribution in [-0.2, 0) is 11.3 Å². The first-order valence-electron chi connectivity index (χ1n) is 8.86. The van der Waals surface area contributed by atoms with Crippen LogP contribution >= 0.6 is 15.9 Å². The van der Waals surface area contributed by atoms with E-state index in [1.807, 2.05) is 39.8 Å². The van der Waals surface area contributed by atoms with Crippen LogP contribution < -0.4 is 20.1 Å². The van der Waals surface area contributed by atoms with Crippen LogP contribution in [0.2, 0.25) is 0 Å². The van der Waals surface area contributed by atoms with Gasteiger partial charge in [0, 0.05) is 16.6 Å². The van der Waals surface area contributed by atoms with Crippen LogP contribution in [0.3, 0.4) is 0 Å². The van der Waals surface area contributed by atoms with Crippen molar-refractivity contribution in [2.45, 2.75) is 59.5 Å². The molecule has 0 saturated heterocycles. The molecule has 0 heterocycles. The van der Waals surface area contributed by atoms with Gasteiger partial charge in [0.25, 0.3) is 5.91 Å². The van der Waals surface area contributed by atoms with Gasteiger partial charge in [-0.1, -0.05) is 29.3 Å². The van der Waals surface area contributed by atoms with Crippen LogP contribution in [0.1, 0.15) is 53.0 Å². The summed E-state index contributed by atoms with van der Waals surface area (Å²) in [6.45, 7) is 12.1. The van der Waals surface area contributed by atoms with E-state index in [9.17, 15) is 4.79 Å².